The molecule has 6 heteroatoms. The van der Waals surface area contributed by atoms with Crippen LogP contribution in [0.15, 0.2) is 53.9 Å². The summed E-state index contributed by atoms with van der Waals surface area (Å²) in [6, 6.07) is 13.9. The molecule has 30 heavy (non-hydrogen) atoms. The Hall–Kier alpha value is -3.12. The Morgan fingerprint density at radius 2 is 1.90 bits per heavy atom. The fourth-order valence-corrected chi connectivity index (χ4v) is 4.47. The van der Waals surface area contributed by atoms with Crippen molar-refractivity contribution in [2.45, 2.75) is 19.4 Å². The van der Waals surface area contributed by atoms with Crippen molar-refractivity contribution in [2.75, 3.05) is 20.8 Å². The molecule has 4 rings (SSSR count). The average Bonchev–Trinajstić information content (AvgIpc) is 3.21. The number of carbonyl (C=O) groups excluding carboxylic acids is 1. The van der Waals surface area contributed by atoms with Crippen LogP contribution in [0.2, 0.25) is 0 Å². The molecule has 0 aliphatic carbocycles. The van der Waals surface area contributed by atoms with Crippen LogP contribution in [0.5, 0.6) is 11.5 Å². The standard InChI is InChI=1S/C24H24N2O3S/c1-16-25-19(15-30-16)9-10-23(27)26-12-11-18-13-21(28-2)22(29-3)14-20(18)24(26)17-7-5-4-6-8-17/h4-10,13-15,24H,11-12H2,1-3H3/b10-9+. The Bertz CT molecular complexity index is 1080. The average molecular weight is 421 g/mol. The fourth-order valence-electron chi connectivity index (χ4n) is 3.89. The Balaban J connectivity index is 1.74. The summed E-state index contributed by atoms with van der Waals surface area (Å²) in [7, 11) is 3.27. The van der Waals surface area contributed by atoms with Gasteiger partial charge in [0, 0.05) is 18.0 Å². The van der Waals surface area contributed by atoms with Gasteiger partial charge in [-0.25, -0.2) is 4.98 Å². The molecule has 0 fully saturated rings. The Morgan fingerprint density at radius 3 is 2.57 bits per heavy atom. The van der Waals surface area contributed by atoms with Gasteiger partial charge in [-0.05, 0) is 48.2 Å². The summed E-state index contributed by atoms with van der Waals surface area (Å²) < 4.78 is 11.0. The van der Waals surface area contributed by atoms with Gasteiger partial charge in [0.2, 0.25) is 5.91 Å². The van der Waals surface area contributed by atoms with Gasteiger partial charge >= 0.3 is 0 Å². The van der Waals surface area contributed by atoms with Crippen LogP contribution in [0, 0.1) is 6.92 Å². The van der Waals surface area contributed by atoms with E-state index in [-0.39, 0.29) is 11.9 Å². The highest BCUT2D eigenvalue weighted by Gasteiger charge is 2.32. The molecule has 0 spiro atoms. The zero-order chi connectivity index (χ0) is 21.1. The van der Waals surface area contributed by atoms with E-state index >= 15 is 0 Å². The van der Waals surface area contributed by atoms with Gasteiger partial charge in [-0.2, -0.15) is 0 Å². The van der Waals surface area contributed by atoms with E-state index in [1.807, 2.05) is 47.5 Å². The molecule has 1 unspecified atom stereocenters. The van der Waals surface area contributed by atoms with Gasteiger partial charge in [0.15, 0.2) is 11.5 Å². The maximum Gasteiger partial charge on any atom is 0.247 e. The number of fused-ring (bicyclic) bond motifs is 1. The molecule has 2 heterocycles. The summed E-state index contributed by atoms with van der Waals surface area (Å²) in [5.41, 5.74) is 4.11. The minimum atomic E-state index is -0.191. The van der Waals surface area contributed by atoms with E-state index in [9.17, 15) is 4.79 Å². The maximum absolute atomic E-state index is 13.2. The number of carbonyl (C=O) groups is 1. The quantitative estimate of drug-likeness (QED) is 0.564. The Morgan fingerprint density at radius 1 is 1.17 bits per heavy atom. The number of benzene rings is 2. The fraction of sp³-hybridized carbons (Fsp3) is 0.250. The van der Waals surface area contributed by atoms with Crippen molar-refractivity contribution in [1.29, 1.82) is 0 Å². The SMILES string of the molecule is COc1cc2c(cc1OC)C(c1ccccc1)N(C(=O)/C=C/c1csc(C)n1)CC2. The predicted octanol–water partition coefficient (Wildman–Crippen LogP) is 4.66. The number of thiazole rings is 1. The number of amides is 1. The number of rotatable bonds is 5. The first-order valence-corrected chi connectivity index (χ1v) is 10.7. The Labute approximate surface area is 180 Å². The molecule has 1 aromatic heterocycles. The molecule has 0 saturated heterocycles. The van der Waals surface area contributed by atoms with Crippen molar-refractivity contribution >= 4 is 23.3 Å². The number of hydrogen-bond acceptors (Lipinski definition) is 5. The highest BCUT2D eigenvalue weighted by molar-refractivity contribution is 7.09. The first kappa shape index (κ1) is 20.2. The largest absolute Gasteiger partial charge is 0.493 e. The minimum Gasteiger partial charge on any atom is -0.493 e. The van der Waals surface area contributed by atoms with Crippen molar-refractivity contribution < 1.29 is 14.3 Å². The van der Waals surface area contributed by atoms with E-state index < -0.39 is 0 Å². The molecule has 1 aliphatic rings. The van der Waals surface area contributed by atoms with Gasteiger partial charge in [0.25, 0.3) is 0 Å². The van der Waals surface area contributed by atoms with Crippen LogP contribution < -0.4 is 9.47 Å². The highest BCUT2D eigenvalue weighted by atomic mass is 32.1. The number of aryl methyl sites for hydroxylation is 1. The summed E-state index contributed by atoms with van der Waals surface area (Å²) in [4.78, 5) is 19.5. The molecular weight excluding hydrogens is 396 g/mol. The van der Waals surface area contributed by atoms with Crippen molar-refractivity contribution in [2.24, 2.45) is 0 Å². The first-order chi connectivity index (χ1) is 14.6. The van der Waals surface area contributed by atoms with E-state index in [0.717, 1.165) is 28.2 Å². The number of hydrogen-bond donors (Lipinski definition) is 0. The number of ether oxygens (including phenoxy) is 2. The molecule has 1 amide bonds. The zero-order valence-corrected chi connectivity index (χ0v) is 18.1. The lowest BCUT2D eigenvalue weighted by Crippen LogP contribution is -2.39. The molecular formula is C24H24N2O3S. The third kappa shape index (κ3) is 3.96. The molecule has 0 radical (unpaired) electrons. The van der Waals surface area contributed by atoms with Crippen molar-refractivity contribution in [1.82, 2.24) is 9.88 Å². The molecule has 1 atom stereocenters. The van der Waals surface area contributed by atoms with E-state index in [1.165, 1.54) is 5.56 Å². The number of nitrogens with zero attached hydrogens (tertiary/aromatic N) is 2. The van der Waals surface area contributed by atoms with Crippen LogP contribution in [-0.2, 0) is 11.2 Å². The van der Waals surface area contributed by atoms with Gasteiger partial charge in [0.05, 0.1) is 31.0 Å². The molecule has 1 aliphatic heterocycles. The summed E-state index contributed by atoms with van der Waals surface area (Å²) >= 11 is 1.57. The maximum atomic E-state index is 13.2. The Kier molecular flexibility index (Phi) is 5.86. The van der Waals surface area contributed by atoms with Crippen LogP contribution >= 0.6 is 11.3 Å². The van der Waals surface area contributed by atoms with E-state index in [2.05, 4.69) is 17.1 Å². The third-order valence-corrected chi connectivity index (χ3v) is 6.10. The lowest BCUT2D eigenvalue weighted by molar-refractivity contribution is -0.127. The second-order valence-corrected chi connectivity index (χ2v) is 8.19. The van der Waals surface area contributed by atoms with Crippen LogP contribution in [0.1, 0.15) is 33.4 Å². The van der Waals surface area contributed by atoms with Crippen LogP contribution in [0.4, 0.5) is 0 Å². The lowest BCUT2D eigenvalue weighted by atomic mass is 9.87. The van der Waals surface area contributed by atoms with E-state index in [4.69, 9.17) is 9.47 Å². The van der Waals surface area contributed by atoms with Gasteiger partial charge in [0.1, 0.15) is 0 Å². The van der Waals surface area contributed by atoms with Crippen LogP contribution in [0.25, 0.3) is 6.08 Å². The molecule has 3 aromatic rings. The van der Waals surface area contributed by atoms with Crippen molar-refractivity contribution in [3.05, 3.63) is 81.3 Å². The summed E-state index contributed by atoms with van der Waals surface area (Å²) in [5, 5.41) is 2.94. The molecule has 0 N–H and O–H groups in total. The summed E-state index contributed by atoms with van der Waals surface area (Å²) in [6.45, 7) is 2.58. The molecule has 5 nitrogen and oxygen atoms in total. The van der Waals surface area contributed by atoms with E-state index in [1.54, 1.807) is 37.7 Å². The van der Waals surface area contributed by atoms with Gasteiger partial charge < -0.3 is 14.4 Å². The summed E-state index contributed by atoms with van der Waals surface area (Å²) in [6.07, 6.45) is 4.17. The molecule has 0 bridgehead atoms. The molecule has 0 saturated carbocycles. The predicted molar refractivity (Wildman–Crippen MR) is 119 cm³/mol. The second kappa shape index (κ2) is 8.71. The lowest BCUT2D eigenvalue weighted by Gasteiger charge is -2.37. The first-order valence-electron chi connectivity index (χ1n) is 9.81. The van der Waals surface area contributed by atoms with Crippen LogP contribution in [-0.4, -0.2) is 36.6 Å². The third-order valence-electron chi connectivity index (χ3n) is 5.31. The smallest absolute Gasteiger partial charge is 0.247 e. The normalized spacial score (nSPS) is 15.8. The zero-order valence-electron chi connectivity index (χ0n) is 17.3. The second-order valence-electron chi connectivity index (χ2n) is 7.13. The van der Waals surface area contributed by atoms with Crippen LogP contribution in [0.3, 0.4) is 0 Å². The minimum absolute atomic E-state index is 0.0325. The molecule has 2 aromatic carbocycles. The molecule has 154 valence electrons. The van der Waals surface area contributed by atoms with Gasteiger partial charge in [-0.1, -0.05) is 30.3 Å². The van der Waals surface area contributed by atoms with E-state index in [0.29, 0.717) is 18.0 Å². The summed E-state index contributed by atoms with van der Waals surface area (Å²) in [5.74, 6) is 1.34. The monoisotopic (exact) mass is 420 g/mol. The van der Waals surface area contributed by atoms with Gasteiger partial charge in [-0.15, -0.1) is 11.3 Å². The van der Waals surface area contributed by atoms with Gasteiger partial charge in [-0.3, -0.25) is 4.79 Å². The number of methoxy groups -OCH3 is 2. The van der Waals surface area contributed by atoms with Crippen molar-refractivity contribution in [3.63, 3.8) is 0 Å². The topological polar surface area (TPSA) is 51.7 Å². The van der Waals surface area contributed by atoms with Crippen molar-refractivity contribution in [3.8, 4) is 11.5 Å². The highest BCUT2D eigenvalue weighted by Crippen LogP contribution is 2.41. The number of aromatic nitrogens is 1.